The van der Waals surface area contributed by atoms with Gasteiger partial charge in [-0.1, -0.05) is 11.6 Å². The summed E-state index contributed by atoms with van der Waals surface area (Å²) in [7, 11) is 0. The molecule has 0 saturated carbocycles. The molecule has 2 amide bonds. The lowest BCUT2D eigenvalue weighted by atomic mass is 10.0. The summed E-state index contributed by atoms with van der Waals surface area (Å²) < 4.78 is 10.2. The van der Waals surface area contributed by atoms with E-state index in [4.69, 9.17) is 20.8 Å². The number of nitrogens with zero attached hydrogens (tertiary/aromatic N) is 2. The highest BCUT2D eigenvalue weighted by Gasteiger charge is 2.34. The molecule has 1 aromatic heterocycles. The Bertz CT molecular complexity index is 933. The van der Waals surface area contributed by atoms with Crippen LogP contribution in [0.25, 0.3) is 11.0 Å². The number of carbonyl (C=O) groups is 2. The summed E-state index contributed by atoms with van der Waals surface area (Å²) in [5.74, 6) is -0.358. The minimum Gasteiger partial charge on any atom is -0.448 e. The first-order valence-electron chi connectivity index (χ1n) is 8.49. The van der Waals surface area contributed by atoms with Crippen molar-refractivity contribution in [1.29, 1.82) is 0 Å². The van der Waals surface area contributed by atoms with E-state index in [-0.39, 0.29) is 23.6 Å². The molecule has 136 valence electrons. The standard InChI is InChI=1S/C18H17ClN2O5/c19-12-1-2-15-11(9-12)10-14(17(23)26-15)16(22)20-5-3-13(4-6-20)21-7-8-25-18(21)24/h1-2,9-10,13H,3-8H2. The third-order valence-corrected chi connectivity index (χ3v) is 5.14. The molecule has 8 heteroatoms. The number of hydrogen-bond donors (Lipinski definition) is 0. The number of likely N-dealkylation sites (tertiary alicyclic amines) is 1. The zero-order valence-corrected chi connectivity index (χ0v) is 14.7. The smallest absolute Gasteiger partial charge is 0.410 e. The van der Waals surface area contributed by atoms with Gasteiger partial charge in [0.1, 0.15) is 17.8 Å². The monoisotopic (exact) mass is 376 g/mol. The number of benzene rings is 1. The Morgan fingerprint density at radius 2 is 1.88 bits per heavy atom. The second-order valence-electron chi connectivity index (χ2n) is 6.46. The molecule has 0 unspecified atom stereocenters. The lowest BCUT2D eigenvalue weighted by Gasteiger charge is -2.35. The van der Waals surface area contributed by atoms with Gasteiger partial charge in [-0.05, 0) is 37.1 Å². The summed E-state index contributed by atoms with van der Waals surface area (Å²) in [6.45, 7) is 1.95. The van der Waals surface area contributed by atoms with Crippen LogP contribution in [0, 0.1) is 0 Å². The maximum absolute atomic E-state index is 12.8. The van der Waals surface area contributed by atoms with Crippen LogP contribution in [-0.4, -0.2) is 54.1 Å². The average molecular weight is 377 g/mol. The van der Waals surface area contributed by atoms with Gasteiger partial charge < -0.3 is 19.0 Å². The molecule has 7 nitrogen and oxygen atoms in total. The van der Waals surface area contributed by atoms with Gasteiger partial charge in [-0.3, -0.25) is 4.79 Å². The van der Waals surface area contributed by atoms with Gasteiger partial charge >= 0.3 is 11.7 Å². The Balaban J connectivity index is 1.51. The van der Waals surface area contributed by atoms with Crippen molar-refractivity contribution in [3.63, 3.8) is 0 Å². The molecule has 0 radical (unpaired) electrons. The zero-order chi connectivity index (χ0) is 18.3. The van der Waals surface area contributed by atoms with Crippen LogP contribution in [-0.2, 0) is 4.74 Å². The van der Waals surface area contributed by atoms with Crippen molar-refractivity contribution >= 4 is 34.6 Å². The summed E-state index contributed by atoms with van der Waals surface area (Å²) in [4.78, 5) is 40.0. The first-order valence-corrected chi connectivity index (χ1v) is 8.87. The number of fused-ring (bicyclic) bond motifs is 1. The molecule has 2 aliphatic heterocycles. The minimum absolute atomic E-state index is 0.00111. The van der Waals surface area contributed by atoms with Gasteiger partial charge in [-0.25, -0.2) is 9.59 Å². The van der Waals surface area contributed by atoms with E-state index in [1.165, 1.54) is 6.07 Å². The van der Waals surface area contributed by atoms with Crippen molar-refractivity contribution in [3.05, 3.63) is 45.3 Å². The van der Waals surface area contributed by atoms with Crippen LogP contribution in [0.2, 0.25) is 5.02 Å². The highest BCUT2D eigenvalue weighted by atomic mass is 35.5. The Labute approximate surface area is 154 Å². The number of carbonyl (C=O) groups excluding carboxylic acids is 2. The number of ether oxygens (including phenoxy) is 1. The average Bonchev–Trinajstić information content (AvgIpc) is 3.07. The highest BCUT2D eigenvalue weighted by molar-refractivity contribution is 6.31. The molecular formula is C18H17ClN2O5. The topological polar surface area (TPSA) is 80.1 Å². The van der Waals surface area contributed by atoms with E-state index in [0.29, 0.717) is 55.1 Å². The van der Waals surface area contributed by atoms with E-state index in [2.05, 4.69) is 0 Å². The third-order valence-electron chi connectivity index (χ3n) is 4.91. The van der Waals surface area contributed by atoms with Crippen LogP contribution in [0.15, 0.2) is 33.5 Å². The normalized spacial score (nSPS) is 18.4. The van der Waals surface area contributed by atoms with Gasteiger partial charge in [0.2, 0.25) is 0 Å². The van der Waals surface area contributed by atoms with Gasteiger partial charge in [-0.15, -0.1) is 0 Å². The predicted octanol–water partition coefficient (Wildman–Crippen LogP) is 2.50. The van der Waals surface area contributed by atoms with Gasteiger partial charge in [-0.2, -0.15) is 0 Å². The zero-order valence-electron chi connectivity index (χ0n) is 13.9. The first kappa shape index (κ1) is 16.9. The Morgan fingerprint density at radius 1 is 1.12 bits per heavy atom. The lowest BCUT2D eigenvalue weighted by molar-refractivity contribution is 0.0655. The van der Waals surface area contributed by atoms with E-state index >= 15 is 0 Å². The van der Waals surface area contributed by atoms with Crippen molar-refractivity contribution in [3.8, 4) is 0 Å². The molecule has 4 rings (SSSR count). The molecule has 26 heavy (non-hydrogen) atoms. The maximum atomic E-state index is 12.8. The molecule has 3 heterocycles. The Morgan fingerprint density at radius 3 is 2.58 bits per heavy atom. The van der Waals surface area contributed by atoms with Gasteiger partial charge in [0.15, 0.2) is 0 Å². The van der Waals surface area contributed by atoms with Gasteiger partial charge in [0.25, 0.3) is 5.91 Å². The van der Waals surface area contributed by atoms with Crippen LogP contribution in [0.1, 0.15) is 23.2 Å². The molecule has 0 spiro atoms. The highest BCUT2D eigenvalue weighted by Crippen LogP contribution is 2.22. The van der Waals surface area contributed by atoms with Crippen LogP contribution >= 0.6 is 11.6 Å². The fourth-order valence-electron chi connectivity index (χ4n) is 3.53. The van der Waals surface area contributed by atoms with Crippen LogP contribution in [0.5, 0.6) is 0 Å². The molecular weight excluding hydrogens is 360 g/mol. The fourth-order valence-corrected chi connectivity index (χ4v) is 3.71. The number of cyclic esters (lactones) is 1. The van der Waals surface area contributed by atoms with E-state index < -0.39 is 5.63 Å². The molecule has 0 N–H and O–H groups in total. The van der Waals surface area contributed by atoms with Crippen molar-refractivity contribution in [2.45, 2.75) is 18.9 Å². The summed E-state index contributed by atoms with van der Waals surface area (Å²) in [5.41, 5.74) is -0.268. The van der Waals surface area contributed by atoms with Crippen molar-refractivity contribution in [2.24, 2.45) is 0 Å². The van der Waals surface area contributed by atoms with Gasteiger partial charge in [0, 0.05) is 29.5 Å². The van der Waals surface area contributed by atoms with E-state index in [1.807, 2.05) is 0 Å². The van der Waals surface area contributed by atoms with Gasteiger partial charge in [0.05, 0.1) is 6.54 Å². The molecule has 0 aliphatic carbocycles. The van der Waals surface area contributed by atoms with Crippen molar-refractivity contribution in [1.82, 2.24) is 9.80 Å². The third kappa shape index (κ3) is 3.03. The quantitative estimate of drug-likeness (QED) is 0.752. The Hall–Kier alpha value is -2.54. The second kappa shape index (κ2) is 6.64. The maximum Gasteiger partial charge on any atom is 0.410 e. The number of hydrogen-bond acceptors (Lipinski definition) is 5. The van der Waals surface area contributed by atoms with Crippen molar-refractivity contribution in [2.75, 3.05) is 26.2 Å². The largest absolute Gasteiger partial charge is 0.448 e. The summed E-state index contributed by atoms with van der Waals surface area (Å²) >= 11 is 5.97. The fraction of sp³-hybridized carbons (Fsp3) is 0.389. The summed E-state index contributed by atoms with van der Waals surface area (Å²) in [6, 6.07) is 6.48. The number of piperidine rings is 1. The van der Waals surface area contributed by atoms with E-state index in [0.717, 1.165) is 0 Å². The number of rotatable bonds is 2. The number of halogens is 1. The van der Waals surface area contributed by atoms with Crippen LogP contribution < -0.4 is 5.63 Å². The predicted molar refractivity (Wildman–Crippen MR) is 94.5 cm³/mol. The second-order valence-corrected chi connectivity index (χ2v) is 6.90. The SMILES string of the molecule is O=C(c1cc2cc(Cl)ccc2oc1=O)N1CCC(N2CCOC2=O)CC1. The summed E-state index contributed by atoms with van der Waals surface area (Å²) in [5, 5.41) is 1.11. The number of amides is 2. The first-order chi connectivity index (χ1) is 12.5. The Kier molecular flexibility index (Phi) is 4.32. The molecule has 2 aliphatic rings. The molecule has 2 saturated heterocycles. The molecule has 2 fully saturated rings. The van der Waals surface area contributed by atoms with E-state index in [9.17, 15) is 14.4 Å². The van der Waals surface area contributed by atoms with Crippen molar-refractivity contribution < 1.29 is 18.7 Å². The molecule has 0 bridgehead atoms. The molecule has 1 aromatic carbocycles. The molecule has 2 aromatic rings. The van der Waals surface area contributed by atoms with Crippen LogP contribution in [0.3, 0.4) is 0 Å². The lowest BCUT2D eigenvalue weighted by Crippen LogP contribution is -2.47. The van der Waals surface area contributed by atoms with E-state index in [1.54, 1.807) is 28.0 Å². The summed E-state index contributed by atoms with van der Waals surface area (Å²) in [6.07, 6.45) is 1.03. The molecule has 0 atom stereocenters. The minimum atomic E-state index is -0.657. The van der Waals surface area contributed by atoms with Crippen LogP contribution in [0.4, 0.5) is 4.79 Å².